The monoisotopic (exact) mass is 749 g/mol. The maximum absolute atomic E-state index is 6.96. The molecule has 3 heteroatoms. The van der Waals surface area contributed by atoms with Crippen LogP contribution in [0.4, 0.5) is 0 Å². The summed E-state index contributed by atoms with van der Waals surface area (Å²) in [5.74, 6) is 0. The first-order valence-corrected chi connectivity index (χ1v) is 20.3. The van der Waals surface area contributed by atoms with Crippen molar-refractivity contribution in [2.45, 2.75) is 5.41 Å². The summed E-state index contributed by atoms with van der Waals surface area (Å²) in [6, 6.07) is 66.2. The number of hydrogen-bond acceptors (Lipinski definition) is 3. The fraction of sp³-hybridized carbons (Fsp3) is 0.0179. The van der Waals surface area contributed by atoms with Crippen LogP contribution in [0.2, 0.25) is 0 Å². The Labute approximate surface area is 338 Å². The van der Waals surface area contributed by atoms with E-state index in [-0.39, 0.29) is 0 Å². The molecule has 3 nitrogen and oxygen atoms in total. The van der Waals surface area contributed by atoms with Crippen LogP contribution in [0.15, 0.2) is 197 Å². The van der Waals surface area contributed by atoms with Crippen LogP contribution in [0.5, 0.6) is 0 Å². The zero-order valence-electron chi connectivity index (χ0n) is 31.7. The number of furan rings is 2. The third-order valence-electron chi connectivity index (χ3n) is 13.3. The number of para-hydroxylation sites is 2. The Morgan fingerprint density at radius 3 is 1.86 bits per heavy atom. The van der Waals surface area contributed by atoms with E-state index < -0.39 is 5.41 Å². The number of benzene rings is 9. The van der Waals surface area contributed by atoms with Gasteiger partial charge in [0.15, 0.2) is 0 Å². The molecule has 3 heterocycles. The largest absolute Gasteiger partial charge is 0.455 e. The van der Waals surface area contributed by atoms with Gasteiger partial charge in [-0.2, -0.15) is 0 Å². The third kappa shape index (κ3) is 3.85. The molecule has 1 spiro atoms. The summed E-state index contributed by atoms with van der Waals surface area (Å²) in [4.78, 5) is 4.97. The predicted molar refractivity (Wildman–Crippen MR) is 241 cm³/mol. The first-order valence-electron chi connectivity index (χ1n) is 20.3. The zero-order chi connectivity index (χ0) is 38.4. The molecule has 1 atom stereocenters. The normalized spacial score (nSPS) is 15.2. The van der Waals surface area contributed by atoms with Crippen LogP contribution >= 0.6 is 0 Å². The van der Waals surface area contributed by atoms with Crippen molar-refractivity contribution in [3.63, 3.8) is 0 Å². The lowest BCUT2D eigenvalue weighted by atomic mass is 9.69. The van der Waals surface area contributed by atoms with Crippen molar-refractivity contribution in [2.24, 2.45) is 0 Å². The van der Waals surface area contributed by atoms with Crippen molar-refractivity contribution in [2.75, 3.05) is 0 Å². The minimum absolute atomic E-state index is 0.705. The number of pyridine rings is 1. The molecule has 12 aromatic rings. The summed E-state index contributed by atoms with van der Waals surface area (Å²) < 4.78 is 13.9. The van der Waals surface area contributed by atoms with Crippen molar-refractivity contribution in [1.29, 1.82) is 0 Å². The van der Waals surface area contributed by atoms with Crippen LogP contribution in [0.1, 0.15) is 22.3 Å². The Kier molecular flexibility index (Phi) is 5.96. The lowest BCUT2D eigenvalue weighted by molar-refractivity contribution is 0.668. The maximum Gasteiger partial charge on any atom is 0.145 e. The fourth-order valence-electron chi connectivity index (χ4n) is 11.1. The van der Waals surface area contributed by atoms with Crippen LogP contribution < -0.4 is 0 Å². The van der Waals surface area contributed by atoms with Gasteiger partial charge in [0.05, 0.1) is 11.1 Å². The Hall–Kier alpha value is -7.75. The van der Waals surface area contributed by atoms with Crippen LogP contribution in [0.25, 0.3) is 110 Å². The third-order valence-corrected chi connectivity index (χ3v) is 13.3. The molecular weight excluding hydrogens is 719 g/mol. The van der Waals surface area contributed by atoms with Gasteiger partial charge in [-0.25, -0.2) is 0 Å². The number of rotatable bonds is 2. The second kappa shape index (κ2) is 11.2. The van der Waals surface area contributed by atoms with Crippen molar-refractivity contribution in [1.82, 2.24) is 4.98 Å². The van der Waals surface area contributed by atoms with Crippen LogP contribution in [-0.4, -0.2) is 4.98 Å². The van der Waals surface area contributed by atoms with Crippen LogP contribution in [0, 0.1) is 0 Å². The number of aromatic nitrogens is 1. The lowest BCUT2D eigenvalue weighted by Crippen LogP contribution is -2.26. The van der Waals surface area contributed by atoms with Crippen molar-refractivity contribution in [3.8, 4) is 44.6 Å². The highest BCUT2D eigenvalue weighted by atomic mass is 16.3. The molecule has 14 rings (SSSR count). The van der Waals surface area contributed by atoms with E-state index in [9.17, 15) is 0 Å². The van der Waals surface area contributed by atoms with Gasteiger partial charge < -0.3 is 8.83 Å². The molecule has 0 bridgehead atoms. The molecule has 0 amide bonds. The fourth-order valence-corrected chi connectivity index (χ4v) is 11.1. The first-order chi connectivity index (χ1) is 29.3. The molecule has 9 aromatic carbocycles. The molecular formula is C56H31NO2. The topological polar surface area (TPSA) is 39.2 Å². The average Bonchev–Trinajstić information content (AvgIpc) is 4.03. The summed E-state index contributed by atoms with van der Waals surface area (Å²) in [7, 11) is 0. The highest BCUT2D eigenvalue weighted by Gasteiger charge is 2.54. The Bertz CT molecular complexity index is 3790. The van der Waals surface area contributed by atoms with E-state index in [4.69, 9.17) is 13.8 Å². The summed E-state index contributed by atoms with van der Waals surface area (Å²) >= 11 is 0. The van der Waals surface area contributed by atoms with E-state index in [0.717, 1.165) is 60.7 Å². The number of nitrogens with zero attached hydrogens (tertiary/aromatic N) is 1. The molecule has 0 N–H and O–H groups in total. The molecule has 272 valence electrons. The van der Waals surface area contributed by atoms with Crippen molar-refractivity contribution >= 4 is 65.4 Å². The molecule has 0 fully saturated rings. The predicted octanol–water partition coefficient (Wildman–Crippen LogP) is 14.9. The summed E-state index contributed by atoms with van der Waals surface area (Å²) in [5, 5.41) is 9.38. The van der Waals surface area contributed by atoms with E-state index in [2.05, 4.69) is 176 Å². The van der Waals surface area contributed by atoms with E-state index in [1.54, 1.807) is 0 Å². The second-order valence-electron chi connectivity index (χ2n) is 16.0. The lowest BCUT2D eigenvalue weighted by Gasteiger charge is -2.31. The standard InChI is InChI=1S/C56H31NO2/c1-2-16-33-32(14-1)15-13-22-34(33)41-30-45-50(37-19-4-3-17-35(37)41)53-46(31-42(47-24-11-12-29-57-47)55-52(53)40-21-7-10-26-49(40)59-55)56(45)43-23-8-5-20-39(43)51-44(56)28-27-38-36-18-6-9-25-48(36)58-54(38)51/h1-31H. The minimum Gasteiger partial charge on any atom is -0.455 e. The summed E-state index contributed by atoms with van der Waals surface area (Å²) in [6.45, 7) is 0. The van der Waals surface area contributed by atoms with Gasteiger partial charge in [-0.1, -0.05) is 146 Å². The molecule has 2 aliphatic rings. The molecule has 2 aliphatic carbocycles. The molecule has 59 heavy (non-hydrogen) atoms. The zero-order valence-corrected chi connectivity index (χ0v) is 31.7. The van der Waals surface area contributed by atoms with Crippen LogP contribution in [-0.2, 0) is 5.41 Å². The molecule has 0 radical (unpaired) electrons. The van der Waals surface area contributed by atoms with Gasteiger partial charge in [-0.3, -0.25) is 4.98 Å². The molecule has 3 aromatic heterocycles. The smallest absolute Gasteiger partial charge is 0.145 e. The van der Waals surface area contributed by atoms with Gasteiger partial charge in [-0.15, -0.1) is 0 Å². The van der Waals surface area contributed by atoms with Crippen LogP contribution in [0.3, 0.4) is 0 Å². The van der Waals surface area contributed by atoms with Gasteiger partial charge in [-0.05, 0) is 108 Å². The van der Waals surface area contributed by atoms with Gasteiger partial charge in [0, 0.05) is 38.9 Å². The molecule has 1 unspecified atom stereocenters. The highest BCUT2D eigenvalue weighted by Crippen LogP contribution is 2.67. The number of hydrogen-bond donors (Lipinski definition) is 0. The van der Waals surface area contributed by atoms with E-state index >= 15 is 0 Å². The van der Waals surface area contributed by atoms with E-state index in [0.29, 0.717) is 0 Å². The summed E-state index contributed by atoms with van der Waals surface area (Å²) in [6.07, 6.45) is 1.88. The molecule has 0 saturated carbocycles. The minimum atomic E-state index is -0.705. The maximum atomic E-state index is 6.96. The Morgan fingerprint density at radius 2 is 1.00 bits per heavy atom. The van der Waals surface area contributed by atoms with Gasteiger partial charge in [0.2, 0.25) is 0 Å². The van der Waals surface area contributed by atoms with E-state index in [1.165, 1.54) is 71.6 Å². The number of fused-ring (bicyclic) bond motifs is 21. The molecule has 0 saturated heterocycles. The molecule has 0 aliphatic heterocycles. The van der Waals surface area contributed by atoms with Crippen molar-refractivity contribution < 1.29 is 8.83 Å². The highest BCUT2D eigenvalue weighted by molar-refractivity contribution is 6.24. The van der Waals surface area contributed by atoms with Gasteiger partial charge in [0.25, 0.3) is 0 Å². The van der Waals surface area contributed by atoms with Gasteiger partial charge in [0.1, 0.15) is 22.3 Å². The first kappa shape index (κ1) is 31.3. The quantitative estimate of drug-likeness (QED) is 0.177. The van der Waals surface area contributed by atoms with Crippen molar-refractivity contribution in [3.05, 3.63) is 210 Å². The van der Waals surface area contributed by atoms with Gasteiger partial charge >= 0.3 is 0 Å². The SMILES string of the molecule is c1ccc(-c2cc3c(c4c2oc2ccccc24)-c2c(cc(-c4cccc5ccccc45)c4ccccc24)C32c3ccccc3-c3c2ccc2c3oc3ccccc32)nc1. The van der Waals surface area contributed by atoms with E-state index in [1.807, 2.05) is 12.3 Å². The summed E-state index contributed by atoms with van der Waals surface area (Å²) in [5.41, 5.74) is 16.9. The Balaban J connectivity index is 1.25. The average molecular weight is 750 g/mol. The second-order valence-corrected chi connectivity index (χ2v) is 16.0. The Morgan fingerprint density at radius 1 is 0.356 bits per heavy atom.